The molecule has 0 radical (unpaired) electrons. The molecule has 2 aromatic heterocycles. The summed E-state index contributed by atoms with van der Waals surface area (Å²) >= 11 is 0. The Hall–Kier alpha value is -2.37. The van der Waals surface area contributed by atoms with Gasteiger partial charge in [0.05, 0.1) is 11.9 Å². The molecule has 3 rings (SSSR count). The Morgan fingerprint density at radius 1 is 1.36 bits per heavy atom. The fourth-order valence-electron chi connectivity index (χ4n) is 3.31. The molecule has 6 heteroatoms. The number of nitrogens with one attached hydrogen (secondary N) is 1. The van der Waals surface area contributed by atoms with Crippen molar-refractivity contribution >= 4 is 11.7 Å². The molecule has 1 N–H and O–H groups in total. The molecule has 25 heavy (non-hydrogen) atoms. The monoisotopic (exact) mass is 341 g/mol. The highest BCUT2D eigenvalue weighted by atomic mass is 16.2. The predicted octanol–water partition coefficient (Wildman–Crippen LogP) is 3.88. The van der Waals surface area contributed by atoms with Crippen LogP contribution >= 0.6 is 0 Å². The van der Waals surface area contributed by atoms with E-state index in [4.69, 9.17) is 0 Å². The highest BCUT2D eigenvalue weighted by molar-refractivity contribution is 5.89. The Bertz CT molecular complexity index is 682. The minimum atomic E-state index is -0.0194. The number of hydrogen-bond acceptors (Lipinski definition) is 3. The molecule has 1 atom stereocenters. The molecule has 1 saturated heterocycles. The average molecular weight is 341 g/mol. The summed E-state index contributed by atoms with van der Waals surface area (Å²) in [4.78, 5) is 19.1. The molecule has 0 aliphatic carbocycles. The van der Waals surface area contributed by atoms with Crippen LogP contribution in [0.3, 0.4) is 0 Å². The summed E-state index contributed by atoms with van der Waals surface area (Å²) in [6, 6.07) is 6.53. The third-order valence-electron chi connectivity index (χ3n) is 4.73. The van der Waals surface area contributed by atoms with Crippen LogP contribution < -0.4 is 5.32 Å². The number of urea groups is 1. The average Bonchev–Trinajstić information content (AvgIpc) is 3.10. The third kappa shape index (κ3) is 4.59. The predicted molar refractivity (Wildman–Crippen MR) is 98.5 cm³/mol. The van der Waals surface area contributed by atoms with Gasteiger partial charge in [0.15, 0.2) is 0 Å². The molecular formula is C19H27N5O. The summed E-state index contributed by atoms with van der Waals surface area (Å²) in [5, 5.41) is 7.29. The molecule has 2 amide bonds. The van der Waals surface area contributed by atoms with Crippen LogP contribution in [0.2, 0.25) is 0 Å². The van der Waals surface area contributed by atoms with Crippen molar-refractivity contribution in [2.24, 2.45) is 0 Å². The fraction of sp³-hybridized carbons (Fsp3) is 0.526. The molecular weight excluding hydrogens is 314 g/mol. The highest BCUT2D eigenvalue weighted by Gasteiger charge is 2.26. The number of carbonyl (C=O) groups is 1. The number of anilines is 1. The first-order chi connectivity index (χ1) is 12.1. The van der Waals surface area contributed by atoms with Gasteiger partial charge in [-0.05, 0) is 58.1 Å². The molecule has 0 bridgehead atoms. The molecule has 3 heterocycles. The van der Waals surface area contributed by atoms with E-state index in [9.17, 15) is 4.79 Å². The second-order valence-electron chi connectivity index (χ2n) is 6.94. The number of pyridine rings is 1. The zero-order valence-electron chi connectivity index (χ0n) is 15.1. The maximum atomic E-state index is 12.7. The first-order valence-corrected chi connectivity index (χ1v) is 9.15. The molecule has 1 aliphatic rings. The van der Waals surface area contributed by atoms with E-state index < -0.39 is 0 Å². The Morgan fingerprint density at radius 3 is 2.96 bits per heavy atom. The van der Waals surface area contributed by atoms with Gasteiger partial charge in [-0.3, -0.25) is 9.67 Å². The molecule has 0 spiro atoms. The number of piperidine rings is 1. The minimum Gasteiger partial charge on any atom is -0.322 e. The van der Waals surface area contributed by atoms with Gasteiger partial charge in [0.2, 0.25) is 0 Å². The number of carbonyl (C=O) groups excluding carboxylic acids is 1. The van der Waals surface area contributed by atoms with E-state index in [1.54, 1.807) is 6.20 Å². The minimum absolute atomic E-state index is 0.0194. The van der Waals surface area contributed by atoms with E-state index >= 15 is 0 Å². The van der Waals surface area contributed by atoms with Crippen molar-refractivity contribution in [1.82, 2.24) is 19.7 Å². The number of nitrogens with zero attached hydrogens (tertiary/aromatic N) is 4. The van der Waals surface area contributed by atoms with E-state index in [0.29, 0.717) is 0 Å². The molecule has 134 valence electrons. The summed E-state index contributed by atoms with van der Waals surface area (Å²) in [6.45, 7) is 4.95. The van der Waals surface area contributed by atoms with Gasteiger partial charge in [-0.1, -0.05) is 6.07 Å². The second-order valence-corrected chi connectivity index (χ2v) is 6.94. The molecule has 2 aromatic rings. The van der Waals surface area contributed by atoms with Crippen molar-refractivity contribution in [1.29, 1.82) is 0 Å². The summed E-state index contributed by atoms with van der Waals surface area (Å²) in [7, 11) is 0. The third-order valence-corrected chi connectivity index (χ3v) is 4.73. The smallest absolute Gasteiger partial charge is 0.322 e. The van der Waals surface area contributed by atoms with Crippen LogP contribution in [0.4, 0.5) is 10.5 Å². The van der Waals surface area contributed by atoms with E-state index in [1.807, 2.05) is 40.2 Å². The number of aryl methyl sites for hydroxylation is 1. The lowest BCUT2D eigenvalue weighted by atomic mass is 9.97. The molecule has 6 nitrogen and oxygen atoms in total. The van der Waals surface area contributed by atoms with Gasteiger partial charge >= 0.3 is 6.03 Å². The fourth-order valence-corrected chi connectivity index (χ4v) is 3.31. The summed E-state index contributed by atoms with van der Waals surface area (Å²) in [6.07, 6.45) is 10.6. The molecule has 0 saturated carbocycles. The molecule has 0 aromatic carbocycles. The first kappa shape index (κ1) is 17.5. The Morgan fingerprint density at radius 2 is 2.24 bits per heavy atom. The van der Waals surface area contributed by atoms with Crippen LogP contribution in [0.5, 0.6) is 0 Å². The van der Waals surface area contributed by atoms with Crippen molar-refractivity contribution in [3.63, 3.8) is 0 Å². The van der Waals surface area contributed by atoms with Crippen LogP contribution in [-0.2, 0) is 6.42 Å². The lowest BCUT2D eigenvalue weighted by Gasteiger charge is -2.35. The summed E-state index contributed by atoms with van der Waals surface area (Å²) in [5.41, 5.74) is 1.85. The SMILES string of the molecule is CC(C)n1cc(NC(=O)N2CCCC[C@@H]2CCc2ccccn2)cn1. The Kier molecular flexibility index (Phi) is 5.68. The molecule has 1 aliphatic heterocycles. The number of rotatable bonds is 5. The van der Waals surface area contributed by atoms with Gasteiger partial charge in [0, 0.05) is 36.7 Å². The first-order valence-electron chi connectivity index (χ1n) is 9.15. The van der Waals surface area contributed by atoms with Crippen molar-refractivity contribution in [2.75, 3.05) is 11.9 Å². The van der Waals surface area contributed by atoms with Crippen molar-refractivity contribution in [3.05, 3.63) is 42.5 Å². The van der Waals surface area contributed by atoms with Gasteiger partial charge in [0.1, 0.15) is 0 Å². The van der Waals surface area contributed by atoms with Gasteiger partial charge in [-0.15, -0.1) is 0 Å². The molecule has 0 unspecified atom stereocenters. The standard InChI is InChI=1S/C19H27N5O/c1-15(2)24-14-17(13-21-24)22-19(25)23-12-6-4-8-18(23)10-9-16-7-3-5-11-20-16/h3,5,7,11,13-15,18H,4,6,8-10,12H2,1-2H3,(H,22,25)/t18-/m1/s1. The quantitative estimate of drug-likeness (QED) is 0.898. The Labute approximate surface area is 149 Å². The summed E-state index contributed by atoms with van der Waals surface area (Å²) in [5.74, 6) is 0. The summed E-state index contributed by atoms with van der Waals surface area (Å²) < 4.78 is 1.85. The largest absolute Gasteiger partial charge is 0.322 e. The molecule has 1 fully saturated rings. The van der Waals surface area contributed by atoms with E-state index in [1.165, 1.54) is 6.42 Å². The normalized spacial score (nSPS) is 17.7. The van der Waals surface area contributed by atoms with E-state index in [2.05, 4.69) is 29.2 Å². The maximum Gasteiger partial charge on any atom is 0.322 e. The number of hydrogen-bond donors (Lipinski definition) is 1. The zero-order chi connectivity index (χ0) is 17.6. The number of likely N-dealkylation sites (tertiary alicyclic amines) is 1. The van der Waals surface area contributed by atoms with Gasteiger partial charge in [0.25, 0.3) is 0 Å². The van der Waals surface area contributed by atoms with Crippen molar-refractivity contribution in [3.8, 4) is 0 Å². The van der Waals surface area contributed by atoms with Crippen molar-refractivity contribution < 1.29 is 4.79 Å². The van der Waals surface area contributed by atoms with Crippen molar-refractivity contribution in [2.45, 2.75) is 58.0 Å². The number of amides is 2. The lowest BCUT2D eigenvalue weighted by molar-refractivity contribution is 0.158. The van der Waals surface area contributed by atoms with Crippen LogP contribution in [0.15, 0.2) is 36.8 Å². The van der Waals surface area contributed by atoms with Gasteiger partial charge in [-0.25, -0.2) is 4.79 Å². The number of aromatic nitrogens is 3. The second kappa shape index (κ2) is 8.14. The van der Waals surface area contributed by atoms with Crippen LogP contribution in [-0.4, -0.2) is 38.3 Å². The van der Waals surface area contributed by atoms with Gasteiger partial charge in [-0.2, -0.15) is 5.10 Å². The van der Waals surface area contributed by atoms with Crippen LogP contribution in [0.25, 0.3) is 0 Å². The van der Waals surface area contributed by atoms with Crippen LogP contribution in [0, 0.1) is 0 Å². The topological polar surface area (TPSA) is 63.1 Å². The van der Waals surface area contributed by atoms with Crippen LogP contribution in [0.1, 0.15) is 51.3 Å². The lowest BCUT2D eigenvalue weighted by Crippen LogP contribution is -2.46. The Balaban J connectivity index is 1.60. The van der Waals surface area contributed by atoms with E-state index in [0.717, 1.165) is 43.6 Å². The zero-order valence-corrected chi connectivity index (χ0v) is 15.1. The van der Waals surface area contributed by atoms with Gasteiger partial charge < -0.3 is 10.2 Å². The maximum absolute atomic E-state index is 12.7. The van der Waals surface area contributed by atoms with E-state index in [-0.39, 0.29) is 18.1 Å². The highest BCUT2D eigenvalue weighted by Crippen LogP contribution is 2.22.